The molecule has 0 atom stereocenters. The predicted octanol–water partition coefficient (Wildman–Crippen LogP) is 6.14. The quantitative estimate of drug-likeness (QED) is 0.408. The van der Waals surface area contributed by atoms with Crippen molar-refractivity contribution in [3.05, 3.63) is 83.4 Å². The first-order valence-corrected chi connectivity index (χ1v) is 9.33. The second kappa shape index (κ2) is 8.80. The number of carboxylic acids is 1. The molecule has 0 aromatic heterocycles. The first kappa shape index (κ1) is 21.1. The van der Waals surface area contributed by atoms with Crippen LogP contribution in [-0.4, -0.2) is 11.1 Å². The van der Waals surface area contributed by atoms with Crippen LogP contribution in [0.2, 0.25) is 0 Å². The number of nitrogens with zero attached hydrogens (tertiary/aromatic N) is 1. The number of nitriles is 1. The van der Waals surface area contributed by atoms with Crippen molar-refractivity contribution in [2.24, 2.45) is 0 Å². The highest BCUT2D eigenvalue weighted by Gasteiger charge is 2.31. The molecule has 0 saturated carbocycles. The maximum Gasteiger partial charge on any atom is 0.416 e. The Hall–Kier alpha value is -3.64. The number of benzene rings is 3. The van der Waals surface area contributed by atoms with Gasteiger partial charge in [0.05, 0.1) is 34.1 Å². The average Bonchev–Trinajstić information content (AvgIpc) is 2.73. The van der Waals surface area contributed by atoms with E-state index < -0.39 is 17.7 Å². The van der Waals surface area contributed by atoms with Crippen molar-refractivity contribution < 1.29 is 23.1 Å². The van der Waals surface area contributed by atoms with Crippen LogP contribution in [0, 0.1) is 11.3 Å². The molecule has 30 heavy (non-hydrogen) atoms. The van der Waals surface area contributed by atoms with Gasteiger partial charge in [-0.05, 0) is 66.5 Å². The van der Waals surface area contributed by atoms with Gasteiger partial charge in [-0.15, -0.1) is 0 Å². The van der Waals surface area contributed by atoms with Crippen molar-refractivity contribution in [1.29, 1.82) is 5.26 Å². The molecule has 0 aliphatic rings. The van der Waals surface area contributed by atoms with Crippen LogP contribution in [0.15, 0.2) is 71.6 Å². The third kappa shape index (κ3) is 5.04. The van der Waals surface area contributed by atoms with Gasteiger partial charge in [-0.2, -0.15) is 18.4 Å². The number of halogens is 3. The van der Waals surface area contributed by atoms with Gasteiger partial charge in [-0.3, -0.25) is 0 Å². The van der Waals surface area contributed by atoms with E-state index >= 15 is 0 Å². The highest BCUT2D eigenvalue weighted by molar-refractivity contribution is 8.00. The number of nitrogens with one attached hydrogen (secondary N) is 2. The minimum absolute atomic E-state index is 0.0311. The third-order valence-corrected chi connectivity index (χ3v) is 4.93. The molecule has 0 bridgehead atoms. The molecule has 152 valence electrons. The molecule has 0 heterocycles. The normalized spacial score (nSPS) is 10.9. The Bertz CT molecular complexity index is 1110. The molecule has 3 aromatic carbocycles. The van der Waals surface area contributed by atoms with E-state index in [0.29, 0.717) is 21.8 Å². The Balaban J connectivity index is 1.91. The number of alkyl halides is 3. The van der Waals surface area contributed by atoms with Crippen LogP contribution in [0.25, 0.3) is 0 Å². The van der Waals surface area contributed by atoms with E-state index in [1.807, 2.05) is 6.07 Å². The van der Waals surface area contributed by atoms with Gasteiger partial charge >= 0.3 is 12.1 Å². The highest BCUT2D eigenvalue weighted by atomic mass is 32.2. The number of anilines is 3. The number of carboxylic acid groups (broad SMARTS) is 1. The SMILES string of the molecule is N#Cc1ccc(Nc2ccc(C(F)(F)F)cc2NSc2ccccc2C(=O)O)cc1. The van der Waals surface area contributed by atoms with Crippen LogP contribution >= 0.6 is 11.9 Å². The summed E-state index contributed by atoms with van der Waals surface area (Å²) >= 11 is 0.897. The number of carbonyl (C=O) groups is 1. The number of rotatable bonds is 6. The lowest BCUT2D eigenvalue weighted by atomic mass is 10.1. The Kier molecular flexibility index (Phi) is 6.18. The fourth-order valence-corrected chi connectivity index (χ4v) is 3.34. The Labute approximate surface area is 174 Å². The van der Waals surface area contributed by atoms with E-state index in [4.69, 9.17) is 5.26 Å². The molecule has 0 spiro atoms. The molecule has 3 rings (SSSR count). The Morgan fingerprint density at radius 2 is 1.70 bits per heavy atom. The lowest BCUT2D eigenvalue weighted by molar-refractivity contribution is -0.137. The summed E-state index contributed by atoms with van der Waals surface area (Å²) in [5.41, 5.74) is 0.693. The van der Waals surface area contributed by atoms with Crippen LogP contribution in [0.3, 0.4) is 0 Å². The Morgan fingerprint density at radius 3 is 2.33 bits per heavy atom. The smallest absolute Gasteiger partial charge is 0.416 e. The van der Waals surface area contributed by atoms with Gasteiger partial charge in [0.25, 0.3) is 0 Å². The summed E-state index contributed by atoms with van der Waals surface area (Å²) in [5, 5.41) is 21.2. The summed E-state index contributed by atoms with van der Waals surface area (Å²) in [5.74, 6) is -1.14. The van der Waals surface area contributed by atoms with Gasteiger partial charge in [-0.25, -0.2) is 4.79 Å². The fourth-order valence-electron chi connectivity index (χ4n) is 2.54. The molecular formula is C21H14F3N3O2S. The zero-order chi connectivity index (χ0) is 21.7. The van der Waals surface area contributed by atoms with Gasteiger partial charge in [0.1, 0.15) is 0 Å². The van der Waals surface area contributed by atoms with Gasteiger partial charge in [-0.1, -0.05) is 12.1 Å². The van der Waals surface area contributed by atoms with Crippen molar-refractivity contribution in [3.8, 4) is 6.07 Å². The average molecular weight is 429 g/mol. The molecule has 0 aliphatic heterocycles. The van der Waals surface area contributed by atoms with E-state index in [1.54, 1.807) is 42.5 Å². The van der Waals surface area contributed by atoms with Crippen molar-refractivity contribution >= 4 is 35.0 Å². The van der Waals surface area contributed by atoms with Crippen molar-refractivity contribution in [2.45, 2.75) is 11.1 Å². The first-order valence-electron chi connectivity index (χ1n) is 8.51. The van der Waals surface area contributed by atoms with Crippen LogP contribution in [0.5, 0.6) is 0 Å². The number of aromatic carboxylic acids is 1. The number of hydrogen-bond acceptors (Lipinski definition) is 5. The van der Waals surface area contributed by atoms with E-state index in [-0.39, 0.29) is 11.3 Å². The first-order chi connectivity index (χ1) is 14.3. The zero-order valence-electron chi connectivity index (χ0n) is 15.2. The molecule has 9 heteroatoms. The molecule has 5 nitrogen and oxygen atoms in total. The molecule has 0 saturated heterocycles. The van der Waals surface area contributed by atoms with Crippen LogP contribution < -0.4 is 10.0 Å². The van der Waals surface area contributed by atoms with Gasteiger partial charge in [0, 0.05) is 10.6 Å². The molecule has 0 amide bonds. The van der Waals surface area contributed by atoms with Gasteiger partial charge < -0.3 is 15.1 Å². The van der Waals surface area contributed by atoms with Crippen molar-refractivity contribution in [3.63, 3.8) is 0 Å². The second-order valence-corrected chi connectivity index (χ2v) is 6.93. The summed E-state index contributed by atoms with van der Waals surface area (Å²) in [7, 11) is 0. The molecule has 3 aromatic rings. The molecule has 0 aliphatic carbocycles. The fraction of sp³-hybridized carbons (Fsp3) is 0.0476. The lowest BCUT2D eigenvalue weighted by Gasteiger charge is -2.16. The topological polar surface area (TPSA) is 85.2 Å². The van der Waals surface area contributed by atoms with Gasteiger partial charge in [0.2, 0.25) is 0 Å². The maximum absolute atomic E-state index is 13.2. The highest BCUT2D eigenvalue weighted by Crippen LogP contribution is 2.37. The molecule has 0 fully saturated rings. The molecular weight excluding hydrogens is 415 g/mol. The standard InChI is InChI=1S/C21H14F3N3O2S/c22-21(23,24)14-7-10-17(26-15-8-5-13(12-25)6-9-15)18(11-14)27-30-19-4-2-1-3-16(19)20(28)29/h1-11,26-27H,(H,28,29). The lowest BCUT2D eigenvalue weighted by Crippen LogP contribution is -2.07. The van der Waals surface area contributed by atoms with Crippen molar-refractivity contribution in [1.82, 2.24) is 0 Å². The summed E-state index contributed by atoms with van der Waals surface area (Å²) in [6, 6.07) is 17.8. The van der Waals surface area contributed by atoms with E-state index in [0.717, 1.165) is 24.1 Å². The van der Waals surface area contributed by atoms with Gasteiger partial charge in [0.15, 0.2) is 0 Å². The van der Waals surface area contributed by atoms with Crippen LogP contribution in [-0.2, 0) is 6.18 Å². The van der Waals surface area contributed by atoms with E-state index in [1.165, 1.54) is 12.1 Å². The van der Waals surface area contributed by atoms with Crippen LogP contribution in [0.1, 0.15) is 21.5 Å². The van der Waals surface area contributed by atoms with Crippen molar-refractivity contribution in [2.75, 3.05) is 10.0 Å². The largest absolute Gasteiger partial charge is 0.478 e. The minimum atomic E-state index is -4.53. The zero-order valence-corrected chi connectivity index (χ0v) is 16.0. The molecule has 0 radical (unpaired) electrons. The van der Waals surface area contributed by atoms with Crippen LogP contribution in [0.4, 0.5) is 30.2 Å². The number of hydrogen-bond donors (Lipinski definition) is 3. The summed E-state index contributed by atoms with van der Waals surface area (Å²) in [6.45, 7) is 0. The summed E-state index contributed by atoms with van der Waals surface area (Å²) < 4.78 is 42.4. The second-order valence-electron chi connectivity index (χ2n) is 6.08. The van der Waals surface area contributed by atoms with E-state index in [2.05, 4.69) is 10.0 Å². The minimum Gasteiger partial charge on any atom is -0.478 e. The molecule has 0 unspecified atom stereocenters. The maximum atomic E-state index is 13.2. The third-order valence-electron chi connectivity index (χ3n) is 4.03. The summed E-state index contributed by atoms with van der Waals surface area (Å²) in [6.07, 6.45) is -4.53. The van der Waals surface area contributed by atoms with E-state index in [9.17, 15) is 23.1 Å². The monoisotopic (exact) mass is 429 g/mol. The predicted molar refractivity (Wildman–Crippen MR) is 109 cm³/mol. The molecule has 3 N–H and O–H groups in total. The summed E-state index contributed by atoms with van der Waals surface area (Å²) in [4.78, 5) is 11.7. The Morgan fingerprint density at radius 1 is 1.00 bits per heavy atom.